The fourth-order valence-electron chi connectivity index (χ4n) is 1.46. The van der Waals surface area contributed by atoms with Crippen LogP contribution in [0.15, 0.2) is 30.3 Å². The highest BCUT2D eigenvalue weighted by Crippen LogP contribution is 2.18. The van der Waals surface area contributed by atoms with Crippen LogP contribution in [-0.2, 0) is 14.3 Å². The van der Waals surface area contributed by atoms with Crippen molar-refractivity contribution in [2.24, 2.45) is 0 Å². The van der Waals surface area contributed by atoms with Crippen LogP contribution in [0.4, 0.5) is 4.79 Å². The third-order valence-corrected chi connectivity index (χ3v) is 2.22. The Kier molecular flexibility index (Phi) is 4.92. The van der Waals surface area contributed by atoms with Gasteiger partial charge in [0.1, 0.15) is 5.60 Å². The minimum atomic E-state index is -0.882. The smallest absolute Gasteiger partial charge is 0.407 e. The Morgan fingerprint density at radius 2 is 1.74 bits per heavy atom. The molecule has 0 bridgehead atoms. The molecule has 0 fully saturated rings. The van der Waals surface area contributed by atoms with Gasteiger partial charge in [-0.05, 0) is 26.3 Å². The van der Waals surface area contributed by atoms with Gasteiger partial charge in [0.25, 0.3) is 0 Å². The summed E-state index contributed by atoms with van der Waals surface area (Å²) in [5.74, 6) is -0.524. The molecule has 5 heteroatoms. The van der Waals surface area contributed by atoms with Gasteiger partial charge in [0, 0.05) is 0 Å². The number of hydrogen-bond acceptors (Lipinski definition) is 4. The van der Waals surface area contributed by atoms with Gasteiger partial charge >= 0.3 is 12.1 Å². The van der Waals surface area contributed by atoms with Crippen molar-refractivity contribution in [1.82, 2.24) is 5.32 Å². The summed E-state index contributed by atoms with van der Waals surface area (Å²) >= 11 is 0. The molecule has 0 heterocycles. The third-order valence-electron chi connectivity index (χ3n) is 2.22. The van der Waals surface area contributed by atoms with Gasteiger partial charge in [0.2, 0.25) is 0 Å². The minimum Gasteiger partial charge on any atom is -0.458 e. The van der Waals surface area contributed by atoms with Gasteiger partial charge in [-0.2, -0.15) is 0 Å². The standard InChI is InChI=1S/C14H19NO4/c1-14(2,3)19-12(16)11(15-13(17)18-4)10-8-6-5-7-9-10/h5-9,11H,1-4H3,(H,15,17)/t11-/m0/s1. The zero-order valence-electron chi connectivity index (χ0n) is 11.6. The van der Waals surface area contributed by atoms with Crippen LogP contribution in [0.25, 0.3) is 0 Å². The van der Waals surface area contributed by atoms with E-state index in [0.717, 1.165) is 0 Å². The van der Waals surface area contributed by atoms with Crippen LogP contribution >= 0.6 is 0 Å². The highest BCUT2D eigenvalue weighted by Gasteiger charge is 2.28. The summed E-state index contributed by atoms with van der Waals surface area (Å²) in [5.41, 5.74) is 0.0178. The molecule has 1 rings (SSSR count). The lowest BCUT2D eigenvalue weighted by atomic mass is 10.1. The number of hydrogen-bond donors (Lipinski definition) is 1. The van der Waals surface area contributed by atoms with E-state index >= 15 is 0 Å². The lowest BCUT2D eigenvalue weighted by molar-refractivity contribution is -0.157. The predicted octanol–water partition coefficient (Wildman–Crippen LogP) is 2.43. The lowest BCUT2D eigenvalue weighted by Gasteiger charge is -2.24. The number of rotatable bonds is 3. The second kappa shape index (κ2) is 6.22. The van der Waals surface area contributed by atoms with E-state index < -0.39 is 23.7 Å². The summed E-state index contributed by atoms with van der Waals surface area (Å²) < 4.78 is 9.82. The Labute approximate surface area is 112 Å². The molecule has 0 aliphatic carbocycles. The van der Waals surface area contributed by atoms with Crippen molar-refractivity contribution in [1.29, 1.82) is 0 Å². The topological polar surface area (TPSA) is 64.6 Å². The largest absolute Gasteiger partial charge is 0.458 e. The molecule has 104 valence electrons. The zero-order valence-corrected chi connectivity index (χ0v) is 11.6. The number of nitrogens with one attached hydrogen (secondary N) is 1. The van der Waals surface area contributed by atoms with E-state index in [4.69, 9.17) is 4.74 Å². The predicted molar refractivity (Wildman–Crippen MR) is 70.6 cm³/mol. The number of benzene rings is 1. The van der Waals surface area contributed by atoms with Crippen LogP contribution in [0.3, 0.4) is 0 Å². The molecule has 0 unspecified atom stereocenters. The highest BCUT2D eigenvalue weighted by molar-refractivity contribution is 5.83. The molecule has 0 saturated heterocycles. The van der Waals surface area contributed by atoms with E-state index in [2.05, 4.69) is 10.1 Å². The lowest BCUT2D eigenvalue weighted by Crippen LogP contribution is -2.38. The molecule has 0 radical (unpaired) electrons. The summed E-state index contributed by atoms with van der Waals surface area (Å²) in [5, 5.41) is 2.47. The molecule has 19 heavy (non-hydrogen) atoms. The van der Waals surface area contributed by atoms with Crippen LogP contribution in [0.1, 0.15) is 32.4 Å². The fraction of sp³-hybridized carbons (Fsp3) is 0.429. The summed E-state index contributed by atoms with van der Waals surface area (Å²) in [6.45, 7) is 5.31. The number of esters is 1. The van der Waals surface area contributed by atoms with Crippen molar-refractivity contribution in [2.45, 2.75) is 32.4 Å². The maximum Gasteiger partial charge on any atom is 0.407 e. The molecular weight excluding hydrogens is 246 g/mol. The average Bonchev–Trinajstić information content (AvgIpc) is 2.34. The Morgan fingerprint density at radius 3 is 2.21 bits per heavy atom. The Balaban J connectivity index is 2.93. The van der Waals surface area contributed by atoms with Crippen molar-refractivity contribution in [3.05, 3.63) is 35.9 Å². The number of carbonyl (C=O) groups excluding carboxylic acids is 2. The van der Waals surface area contributed by atoms with E-state index in [-0.39, 0.29) is 0 Å². The van der Waals surface area contributed by atoms with Gasteiger partial charge in [0.05, 0.1) is 7.11 Å². The van der Waals surface area contributed by atoms with Gasteiger partial charge in [-0.25, -0.2) is 9.59 Å². The summed E-state index contributed by atoms with van der Waals surface area (Å²) in [7, 11) is 1.24. The number of amides is 1. The maximum atomic E-state index is 12.1. The second-order valence-corrected chi connectivity index (χ2v) is 5.01. The van der Waals surface area contributed by atoms with Gasteiger partial charge in [-0.3, -0.25) is 0 Å². The SMILES string of the molecule is COC(=O)N[C@H](C(=O)OC(C)(C)C)c1ccccc1. The van der Waals surface area contributed by atoms with Crippen LogP contribution in [0.2, 0.25) is 0 Å². The summed E-state index contributed by atoms with van der Waals surface area (Å²) in [6, 6.07) is 7.99. The van der Waals surface area contributed by atoms with E-state index in [1.807, 2.05) is 6.07 Å². The summed E-state index contributed by atoms with van der Waals surface area (Å²) in [4.78, 5) is 23.4. The molecule has 5 nitrogen and oxygen atoms in total. The first kappa shape index (κ1) is 15.0. The van der Waals surface area contributed by atoms with E-state index in [1.165, 1.54) is 7.11 Å². The molecule has 0 spiro atoms. The van der Waals surface area contributed by atoms with Crippen LogP contribution in [0.5, 0.6) is 0 Å². The van der Waals surface area contributed by atoms with Crippen LogP contribution < -0.4 is 5.32 Å². The highest BCUT2D eigenvalue weighted by atomic mass is 16.6. The van der Waals surface area contributed by atoms with Crippen LogP contribution in [-0.4, -0.2) is 24.8 Å². The molecule has 1 N–H and O–H groups in total. The van der Waals surface area contributed by atoms with E-state index in [1.54, 1.807) is 45.0 Å². The van der Waals surface area contributed by atoms with Gasteiger partial charge in [0.15, 0.2) is 6.04 Å². The molecule has 1 atom stereocenters. The molecule has 0 saturated carbocycles. The van der Waals surface area contributed by atoms with Crippen molar-refractivity contribution < 1.29 is 19.1 Å². The molecule has 0 aliphatic rings. The maximum absolute atomic E-state index is 12.1. The third kappa shape index (κ3) is 4.99. The normalized spacial score (nSPS) is 12.4. The molecule has 0 aliphatic heterocycles. The number of ether oxygens (including phenoxy) is 2. The van der Waals surface area contributed by atoms with Gasteiger partial charge in [-0.15, -0.1) is 0 Å². The first-order valence-corrected chi connectivity index (χ1v) is 5.96. The van der Waals surface area contributed by atoms with Crippen LogP contribution in [0, 0.1) is 0 Å². The van der Waals surface area contributed by atoms with Gasteiger partial charge < -0.3 is 14.8 Å². The van der Waals surface area contributed by atoms with Crippen molar-refractivity contribution in [3.63, 3.8) is 0 Å². The van der Waals surface area contributed by atoms with Crippen molar-refractivity contribution in [3.8, 4) is 0 Å². The van der Waals surface area contributed by atoms with Crippen molar-refractivity contribution in [2.75, 3.05) is 7.11 Å². The first-order chi connectivity index (χ1) is 8.83. The van der Waals surface area contributed by atoms with Crippen molar-refractivity contribution >= 4 is 12.1 Å². The number of alkyl carbamates (subject to hydrolysis) is 1. The number of methoxy groups -OCH3 is 1. The molecule has 1 amide bonds. The number of carbonyl (C=O) groups is 2. The van der Waals surface area contributed by atoms with E-state index in [9.17, 15) is 9.59 Å². The Hall–Kier alpha value is -2.04. The zero-order chi connectivity index (χ0) is 14.5. The quantitative estimate of drug-likeness (QED) is 0.852. The summed E-state index contributed by atoms with van der Waals surface area (Å²) in [6.07, 6.45) is -0.681. The Bertz CT molecular complexity index is 437. The Morgan fingerprint density at radius 1 is 1.16 bits per heavy atom. The molecular formula is C14H19NO4. The first-order valence-electron chi connectivity index (χ1n) is 5.96. The molecule has 0 aromatic heterocycles. The van der Waals surface area contributed by atoms with Gasteiger partial charge in [-0.1, -0.05) is 30.3 Å². The second-order valence-electron chi connectivity index (χ2n) is 5.01. The monoisotopic (exact) mass is 265 g/mol. The fourth-order valence-corrected chi connectivity index (χ4v) is 1.46. The average molecular weight is 265 g/mol. The minimum absolute atomic E-state index is 0.524. The molecule has 1 aromatic rings. The molecule has 1 aromatic carbocycles. The van der Waals surface area contributed by atoms with E-state index in [0.29, 0.717) is 5.56 Å².